The van der Waals surface area contributed by atoms with Crippen molar-refractivity contribution >= 4 is 28.2 Å². The van der Waals surface area contributed by atoms with Crippen LogP contribution in [0.3, 0.4) is 0 Å². The Morgan fingerprint density at radius 1 is 1.03 bits per heavy atom. The molecule has 0 N–H and O–H groups in total. The fraction of sp³-hybridized carbons (Fsp3) is 0.360. The van der Waals surface area contributed by atoms with E-state index in [1.54, 1.807) is 4.57 Å². The van der Waals surface area contributed by atoms with Crippen LogP contribution in [0.1, 0.15) is 30.9 Å². The third-order valence-corrected chi connectivity index (χ3v) is 5.76. The number of halogens is 1. The highest BCUT2D eigenvalue weighted by Gasteiger charge is 2.24. The van der Waals surface area contributed by atoms with Gasteiger partial charge in [0.15, 0.2) is 0 Å². The molecule has 0 radical (unpaired) electrons. The summed E-state index contributed by atoms with van der Waals surface area (Å²) in [7, 11) is 3.98. The van der Waals surface area contributed by atoms with Crippen LogP contribution in [0.15, 0.2) is 59.5 Å². The molecule has 0 amide bonds. The number of hydrogen-bond acceptors (Lipinski definition) is 3. The van der Waals surface area contributed by atoms with Crippen LogP contribution in [-0.2, 0) is 17.8 Å². The second-order valence-electron chi connectivity index (χ2n) is 8.41. The van der Waals surface area contributed by atoms with E-state index in [9.17, 15) is 9.59 Å². The van der Waals surface area contributed by atoms with Crippen molar-refractivity contribution in [1.82, 2.24) is 9.47 Å². The Morgan fingerprint density at radius 2 is 1.73 bits per heavy atom. The number of ketones is 1. The van der Waals surface area contributed by atoms with Gasteiger partial charge in [-0.15, -0.1) is 0 Å². The van der Waals surface area contributed by atoms with Crippen molar-refractivity contribution in [3.05, 3.63) is 81.2 Å². The number of likely N-dealkylation sites (N-methyl/N-ethyl adjacent to an activating group) is 1. The Labute approximate surface area is 183 Å². The quantitative estimate of drug-likeness (QED) is 0.523. The van der Waals surface area contributed by atoms with Gasteiger partial charge in [0.2, 0.25) is 0 Å². The van der Waals surface area contributed by atoms with Gasteiger partial charge in [-0.25, -0.2) is 0 Å². The molecule has 0 aliphatic rings. The maximum atomic E-state index is 13.3. The summed E-state index contributed by atoms with van der Waals surface area (Å²) in [6.45, 7) is 5.55. The summed E-state index contributed by atoms with van der Waals surface area (Å²) in [6, 6.07) is 15.1. The molecule has 2 aromatic carbocycles. The molecule has 0 aliphatic heterocycles. The summed E-state index contributed by atoms with van der Waals surface area (Å²) < 4.78 is 1.73. The molecule has 0 saturated carbocycles. The van der Waals surface area contributed by atoms with Crippen molar-refractivity contribution in [3.8, 4) is 0 Å². The first-order valence-corrected chi connectivity index (χ1v) is 10.7. The lowest BCUT2D eigenvalue weighted by atomic mass is 9.82. The van der Waals surface area contributed by atoms with Crippen molar-refractivity contribution < 1.29 is 4.79 Å². The van der Waals surface area contributed by atoms with E-state index in [1.165, 1.54) is 0 Å². The van der Waals surface area contributed by atoms with Crippen molar-refractivity contribution in [3.63, 3.8) is 0 Å². The SMILES string of the molecule is CC(C)C(C(=O)Cc1cccc2c(=O)n(CCN(C)C)ccc12)c1ccc(Cl)cc1. The van der Waals surface area contributed by atoms with Gasteiger partial charge in [0.25, 0.3) is 5.56 Å². The molecule has 5 heteroatoms. The van der Waals surface area contributed by atoms with Crippen LogP contribution in [0.4, 0.5) is 0 Å². The van der Waals surface area contributed by atoms with Gasteiger partial charge in [-0.2, -0.15) is 0 Å². The largest absolute Gasteiger partial charge is 0.314 e. The number of carbonyl (C=O) groups is 1. The van der Waals surface area contributed by atoms with Gasteiger partial charge in [-0.3, -0.25) is 9.59 Å². The van der Waals surface area contributed by atoms with E-state index in [4.69, 9.17) is 11.6 Å². The number of carbonyl (C=O) groups excluding carboxylic acids is 1. The van der Waals surface area contributed by atoms with Crippen LogP contribution in [-0.4, -0.2) is 35.9 Å². The van der Waals surface area contributed by atoms with Crippen LogP contribution in [0.2, 0.25) is 5.02 Å². The van der Waals surface area contributed by atoms with Crippen molar-refractivity contribution in [2.45, 2.75) is 32.7 Å². The molecule has 1 heterocycles. The highest BCUT2D eigenvalue weighted by molar-refractivity contribution is 6.30. The minimum absolute atomic E-state index is 0.0123. The Kier molecular flexibility index (Phi) is 7.11. The van der Waals surface area contributed by atoms with E-state index in [-0.39, 0.29) is 23.2 Å². The standard InChI is InChI=1S/C25H29ClN2O2/c1-17(2)24(18-8-10-20(26)11-9-18)23(29)16-19-6-5-7-22-21(19)12-13-28(25(22)30)15-14-27(3)4/h5-13,17,24H,14-16H2,1-4H3. The van der Waals surface area contributed by atoms with Gasteiger partial charge in [-0.1, -0.05) is 49.7 Å². The lowest BCUT2D eigenvalue weighted by Crippen LogP contribution is -2.26. The van der Waals surface area contributed by atoms with E-state index in [0.29, 0.717) is 23.4 Å². The fourth-order valence-electron chi connectivity index (χ4n) is 3.93. The maximum Gasteiger partial charge on any atom is 0.258 e. The molecule has 4 nitrogen and oxygen atoms in total. The average Bonchev–Trinajstić information content (AvgIpc) is 2.69. The van der Waals surface area contributed by atoms with Crippen LogP contribution in [0, 0.1) is 5.92 Å². The summed E-state index contributed by atoms with van der Waals surface area (Å²) in [5.74, 6) is 0.103. The average molecular weight is 425 g/mol. The molecule has 3 aromatic rings. The van der Waals surface area contributed by atoms with Crippen LogP contribution in [0.25, 0.3) is 10.8 Å². The predicted molar refractivity (Wildman–Crippen MR) is 125 cm³/mol. The molecule has 0 bridgehead atoms. The molecule has 0 saturated heterocycles. The first-order valence-electron chi connectivity index (χ1n) is 10.3. The molecule has 30 heavy (non-hydrogen) atoms. The lowest BCUT2D eigenvalue weighted by molar-refractivity contribution is -0.120. The van der Waals surface area contributed by atoms with Crippen molar-refractivity contribution in [2.75, 3.05) is 20.6 Å². The summed E-state index contributed by atoms with van der Waals surface area (Å²) in [5, 5.41) is 2.18. The number of pyridine rings is 1. The Hall–Kier alpha value is -2.43. The van der Waals surface area contributed by atoms with Crippen LogP contribution >= 0.6 is 11.6 Å². The summed E-state index contributed by atoms with van der Waals surface area (Å²) in [4.78, 5) is 28.3. The van der Waals surface area contributed by atoms with Gasteiger partial charge < -0.3 is 9.47 Å². The minimum atomic E-state index is -0.210. The Balaban J connectivity index is 1.92. The number of fused-ring (bicyclic) bond motifs is 1. The van der Waals surface area contributed by atoms with E-state index in [2.05, 4.69) is 18.7 Å². The Bertz CT molecular complexity index is 1080. The number of rotatable bonds is 8. The first kappa shape index (κ1) is 22.3. The molecule has 0 aliphatic carbocycles. The monoisotopic (exact) mass is 424 g/mol. The molecular weight excluding hydrogens is 396 g/mol. The highest BCUT2D eigenvalue weighted by Crippen LogP contribution is 2.29. The first-order chi connectivity index (χ1) is 14.3. The second kappa shape index (κ2) is 9.59. The number of nitrogens with zero attached hydrogens (tertiary/aromatic N) is 2. The van der Waals surface area contributed by atoms with E-state index in [1.807, 2.05) is 68.8 Å². The van der Waals surface area contributed by atoms with E-state index < -0.39 is 0 Å². The van der Waals surface area contributed by atoms with Gasteiger partial charge >= 0.3 is 0 Å². The second-order valence-corrected chi connectivity index (χ2v) is 8.85. The van der Waals surface area contributed by atoms with Crippen LogP contribution in [0.5, 0.6) is 0 Å². The number of Topliss-reactive ketones (excluding diaryl/α,β-unsaturated/α-hetero) is 1. The van der Waals surface area contributed by atoms with Crippen molar-refractivity contribution in [2.24, 2.45) is 5.92 Å². The van der Waals surface area contributed by atoms with Gasteiger partial charge in [0.05, 0.1) is 0 Å². The smallest absolute Gasteiger partial charge is 0.258 e. The van der Waals surface area contributed by atoms with Crippen LogP contribution < -0.4 is 5.56 Å². The maximum absolute atomic E-state index is 13.3. The minimum Gasteiger partial charge on any atom is -0.314 e. The van der Waals surface area contributed by atoms with Gasteiger partial charge in [0, 0.05) is 42.0 Å². The molecule has 0 spiro atoms. The highest BCUT2D eigenvalue weighted by atomic mass is 35.5. The number of hydrogen-bond donors (Lipinski definition) is 0. The van der Waals surface area contributed by atoms with Gasteiger partial charge in [0.1, 0.15) is 5.78 Å². The molecule has 1 unspecified atom stereocenters. The van der Waals surface area contributed by atoms with E-state index in [0.717, 1.165) is 23.1 Å². The molecular formula is C25H29ClN2O2. The van der Waals surface area contributed by atoms with Gasteiger partial charge in [-0.05, 0) is 60.8 Å². The fourth-order valence-corrected chi connectivity index (χ4v) is 4.06. The Morgan fingerprint density at radius 3 is 2.37 bits per heavy atom. The summed E-state index contributed by atoms with van der Waals surface area (Å²) in [5.41, 5.74) is 1.86. The number of benzene rings is 2. The molecule has 0 fully saturated rings. The molecule has 3 rings (SSSR count). The zero-order valence-corrected chi connectivity index (χ0v) is 18.8. The molecule has 158 valence electrons. The normalized spacial score (nSPS) is 12.6. The molecule has 1 aromatic heterocycles. The zero-order chi connectivity index (χ0) is 21.8. The number of aromatic nitrogens is 1. The lowest BCUT2D eigenvalue weighted by Gasteiger charge is -2.21. The van der Waals surface area contributed by atoms with E-state index >= 15 is 0 Å². The zero-order valence-electron chi connectivity index (χ0n) is 18.1. The van der Waals surface area contributed by atoms with Crippen molar-refractivity contribution in [1.29, 1.82) is 0 Å². The topological polar surface area (TPSA) is 42.3 Å². The third-order valence-electron chi connectivity index (χ3n) is 5.50. The summed E-state index contributed by atoms with van der Waals surface area (Å²) in [6.07, 6.45) is 2.13. The predicted octanol–water partition coefficient (Wildman–Crippen LogP) is 4.77. The third kappa shape index (κ3) is 5.00. The summed E-state index contributed by atoms with van der Waals surface area (Å²) >= 11 is 6.02. The molecule has 1 atom stereocenters.